The summed E-state index contributed by atoms with van der Waals surface area (Å²) in [5.41, 5.74) is 1.43. The Bertz CT molecular complexity index is 400. The van der Waals surface area contributed by atoms with Gasteiger partial charge in [0, 0.05) is 25.0 Å². The summed E-state index contributed by atoms with van der Waals surface area (Å²) >= 11 is 0. The number of ether oxygens (including phenoxy) is 1. The van der Waals surface area contributed by atoms with E-state index in [4.69, 9.17) is 9.84 Å². The van der Waals surface area contributed by atoms with E-state index in [2.05, 4.69) is 9.97 Å². The minimum Gasteiger partial charge on any atom is -0.396 e. The molecule has 0 amide bonds. The van der Waals surface area contributed by atoms with Gasteiger partial charge in [0.05, 0.1) is 18.9 Å². The fraction of sp³-hybridized carbons (Fsp3) is 0.600. The van der Waals surface area contributed by atoms with Crippen LogP contribution in [0.25, 0.3) is 0 Å². The van der Waals surface area contributed by atoms with Gasteiger partial charge in [-0.15, -0.1) is 0 Å². The highest BCUT2D eigenvalue weighted by Gasteiger charge is 2.15. The van der Waals surface area contributed by atoms with Crippen LogP contribution in [0.1, 0.15) is 23.5 Å². The van der Waals surface area contributed by atoms with Gasteiger partial charge >= 0.3 is 0 Å². The van der Waals surface area contributed by atoms with Crippen molar-refractivity contribution in [1.29, 1.82) is 0 Å². The van der Waals surface area contributed by atoms with Gasteiger partial charge in [0.15, 0.2) is 0 Å². The molecule has 0 radical (unpaired) electrons. The Morgan fingerprint density at radius 3 is 3.20 bits per heavy atom. The quantitative estimate of drug-likeness (QED) is 0.722. The minimum atomic E-state index is -0.0590. The van der Waals surface area contributed by atoms with Gasteiger partial charge in [-0.05, 0) is 6.42 Å². The van der Waals surface area contributed by atoms with E-state index in [0.29, 0.717) is 38.3 Å². The average Bonchev–Trinajstić information content (AvgIpc) is 2.26. The third kappa shape index (κ3) is 2.24. The molecule has 0 saturated carbocycles. The first-order valence-electron chi connectivity index (χ1n) is 5.11. The van der Waals surface area contributed by atoms with E-state index in [9.17, 15) is 4.79 Å². The van der Waals surface area contributed by atoms with Crippen LogP contribution in [0.3, 0.4) is 0 Å². The predicted molar refractivity (Wildman–Crippen MR) is 53.6 cm³/mol. The highest BCUT2D eigenvalue weighted by Crippen LogP contribution is 2.10. The summed E-state index contributed by atoms with van der Waals surface area (Å²) in [5.74, 6) is 0.637. The summed E-state index contributed by atoms with van der Waals surface area (Å²) in [6, 6.07) is 0. The fourth-order valence-corrected chi connectivity index (χ4v) is 1.68. The first-order chi connectivity index (χ1) is 7.31. The molecule has 1 aliphatic rings. The lowest BCUT2D eigenvalue weighted by Crippen LogP contribution is -2.25. The van der Waals surface area contributed by atoms with Gasteiger partial charge < -0.3 is 14.8 Å². The Balaban J connectivity index is 2.28. The van der Waals surface area contributed by atoms with Gasteiger partial charge in [-0.25, -0.2) is 4.98 Å². The number of rotatable bonds is 3. The SMILES string of the molecule is O=c1[nH]c(CCCO)nc2c1CCOC2. The van der Waals surface area contributed by atoms with Crippen molar-refractivity contribution in [1.82, 2.24) is 9.97 Å². The summed E-state index contributed by atoms with van der Waals surface area (Å²) in [6.07, 6.45) is 1.85. The highest BCUT2D eigenvalue weighted by atomic mass is 16.5. The van der Waals surface area contributed by atoms with Gasteiger partial charge in [0.1, 0.15) is 5.82 Å². The largest absolute Gasteiger partial charge is 0.396 e. The Hall–Kier alpha value is -1.20. The number of aryl methyl sites for hydroxylation is 1. The third-order valence-electron chi connectivity index (χ3n) is 2.46. The molecule has 15 heavy (non-hydrogen) atoms. The Labute approximate surface area is 87.1 Å². The van der Waals surface area contributed by atoms with Crippen molar-refractivity contribution in [2.45, 2.75) is 25.9 Å². The summed E-state index contributed by atoms with van der Waals surface area (Å²) in [4.78, 5) is 18.7. The van der Waals surface area contributed by atoms with Crippen LogP contribution in [-0.2, 0) is 24.2 Å². The van der Waals surface area contributed by atoms with Crippen LogP contribution in [-0.4, -0.2) is 28.3 Å². The first kappa shape index (κ1) is 10.3. The molecule has 2 rings (SSSR count). The lowest BCUT2D eigenvalue weighted by Gasteiger charge is -2.15. The molecule has 5 heteroatoms. The molecular weight excluding hydrogens is 196 g/mol. The van der Waals surface area contributed by atoms with Crippen molar-refractivity contribution in [3.63, 3.8) is 0 Å². The molecule has 0 aromatic carbocycles. The number of fused-ring (bicyclic) bond motifs is 1. The molecule has 0 unspecified atom stereocenters. The average molecular weight is 210 g/mol. The zero-order valence-electron chi connectivity index (χ0n) is 8.45. The molecular formula is C10H14N2O3. The molecule has 1 aromatic heterocycles. The van der Waals surface area contributed by atoms with Crippen LogP contribution in [0, 0.1) is 0 Å². The van der Waals surface area contributed by atoms with Crippen LogP contribution in [0.4, 0.5) is 0 Å². The molecule has 1 aliphatic heterocycles. The number of hydrogen-bond acceptors (Lipinski definition) is 4. The molecule has 0 atom stereocenters. The van der Waals surface area contributed by atoms with Gasteiger partial charge in [-0.3, -0.25) is 4.79 Å². The Morgan fingerprint density at radius 2 is 2.40 bits per heavy atom. The second-order valence-corrected chi connectivity index (χ2v) is 3.57. The highest BCUT2D eigenvalue weighted by molar-refractivity contribution is 5.19. The van der Waals surface area contributed by atoms with Crippen molar-refractivity contribution >= 4 is 0 Å². The molecule has 5 nitrogen and oxygen atoms in total. The van der Waals surface area contributed by atoms with Crippen LogP contribution in [0.15, 0.2) is 4.79 Å². The maximum Gasteiger partial charge on any atom is 0.254 e. The van der Waals surface area contributed by atoms with Crippen LogP contribution < -0.4 is 5.56 Å². The van der Waals surface area contributed by atoms with E-state index in [1.54, 1.807) is 0 Å². The van der Waals surface area contributed by atoms with Crippen LogP contribution in [0.5, 0.6) is 0 Å². The molecule has 0 saturated heterocycles. The monoisotopic (exact) mass is 210 g/mol. The number of aromatic amines is 1. The van der Waals surface area contributed by atoms with Crippen molar-refractivity contribution in [2.75, 3.05) is 13.2 Å². The molecule has 2 heterocycles. The number of aromatic nitrogens is 2. The van der Waals surface area contributed by atoms with Crippen molar-refractivity contribution in [2.24, 2.45) is 0 Å². The second kappa shape index (κ2) is 4.55. The van der Waals surface area contributed by atoms with E-state index in [1.807, 2.05) is 0 Å². The maximum absolute atomic E-state index is 11.6. The molecule has 2 N–H and O–H groups in total. The zero-order chi connectivity index (χ0) is 10.7. The Kier molecular flexibility index (Phi) is 3.13. The maximum atomic E-state index is 11.6. The first-order valence-corrected chi connectivity index (χ1v) is 5.11. The lowest BCUT2D eigenvalue weighted by molar-refractivity contribution is 0.106. The van der Waals surface area contributed by atoms with E-state index in [-0.39, 0.29) is 12.2 Å². The summed E-state index contributed by atoms with van der Waals surface area (Å²) in [6.45, 7) is 1.12. The molecule has 0 aliphatic carbocycles. The van der Waals surface area contributed by atoms with Crippen LogP contribution in [0.2, 0.25) is 0 Å². The summed E-state index contributed by atoms with van der Waals surface area (Å²) < 4.78 is 5.25. The van der Waals surface area contributed by atoms with Crippen molar-refractivity contribution < 1.29 is 9.84 Å². The van der Waals surface area contributed by atoms with Crippen LogP contribution >= 0.6 is 0 Å². The normalized spacial score (nSPS) is 15.0. The van der Waals surface area contributed by atoms with Gasteiger partial charge in [-0.1, -0.05) is 0 Å². The van der Waals surface area contributed by atoms with E-state index < -0.39 is 0 Å². The van der Waals surface area contributed by atoms with Crippen molar-refractivity contribution in [3.05, 3.63) is 27.4 Å². The zero-order valence-corrected chi connectivity index (χ0v) is 8.45. The Morgan fingerprint density at radius 1 is 1.53 bits per heavy atom. The number of hydrogen-bond donors (Lipinski definition) is 2. The van der Waals surface area contributed by atoms with E-state index in [1.165, 1.54) is 0 Å². The summed E-state index contributed by atoms with van der Waals surface area (Å²) in [5, 5.41) is 8.69. The molecule has 0 spiro atoms. The standard InChI is InChI=1S/C10H14N2O3/c13-4-1-2-9-11-8-6-15-5-3-7(8)10(14)12-9/h13H,1-6H2,(H,11,12,14). The second-order valence-electron chi connectivity index (χ2n) is 3.57. The number of nitrogens with one attached hydrogen (secondary N) is 1. The number of aliphatic hydroxyl groups excluding tert-OH is 1. The minimum absolute atomic E-state index is 0.0590. The number of nitrogens with zero attached hydrogens (tertiary/aromatic N) is 1. The summed E-state index contributed by atoms with van der Waals surface area (Å²) in [7, 11) is 0. The van der Waals surface area contributed by atoms with Crippen molar-refractivity contribution in [3.8, 4) is 0 Å². The fourth-order valence-electron chi connectivity index (χ4n) is 1.68. The number of aliphatic hydroxyl groups is 1. The molecule has 1 aromatic rings. The lowest BCUT2D eigenvalue weighted by atomic mass is 10.1. The van der Waals surface area contributed by atoms with Gasteiger partial charge in [0.25, 0.3) is 5.56 Å². The van der Waals surface area contributed by atoms with E-state index in [0.717, 1.165) is 11.3 Å². The molecule has 0 bridgehead atoms. The topological polar surface area (TPSA) is 75.2 Å². The molecule has 0 fully saturated rings. The van der Waals surface area contributed by atoms with Gasteiger partial charge in [0.2, 0.25) is 0 Å². The third-order valence-corrected chi connectivity index (χ3v) is 2.46. The number of H-pyrrole nitrogens is 1. The molecule has 82 valence electrons. The smallest absolute Gasteiger partial charge is 0.254 e. The van der Waals surface area contributed by atoms with E-state index >= 15 is 0 Å². The van der Waals surface area contributed by atoms with Gasteiger partial charge in [-0.2, -0.15) is 0 Å². The predicted octanol–water partition coefficient (Wildman–Crippen LogP) is -0.233.